The van der Waals surface area contributed by atoms with Crippen molar-refractivity contribution < 1.29 is 19.5 Å². The van der Waals surface area contributed by atoms with E-state index in [2.05, 4.69) is 19.2 Å². The molecule has 2 N–H and O–H groups in total. The number of ether oxygens (including phenoxy) is 2. The van der Waals surface area contributed by atoms with Crippen LogP contribution in [0.4, 0.5) is 0 Å². The fourth-order valence-corrected chi connectivity index (χ4v) is 4.18. The molecule has 21 heavy (non-hydrogen) atoms. The van der Waals surface area contributed by atoms with Crippen LogP contribution in [0.3, 0.4) is 0 Å². The van der Waals surface area contributed by atoms with Crippen molar-refractivity contribution in [3.63, 3.8) is 0 Å². The maximum atomic E-state index is 9.98. The normalized spacial score (nSPS) is 36.4. The zero-order valence-electron chi connectivity index (χ0n) is 12.6. The summed E-state index contributed by atoms with van der Waals surface area (Å²) in [5.74, 6) is 1.71. The summed E-state index contributed by atoms with van der Waals surface area (Å²) in [6.45, 7) is 2.12. The van der Waals surface area contributed by atoms with Gasteiger partial charge in [-0.15, -0.1) is 0 Å². The van der Waals surface area contributed by atoms with Gasteiger partial charge in [-0.2, -0.15) is 0 Å². The van der Waals surface area contributed by atoms with Gasteiger partial charge in [0.1, 0.15) is 12.6 Å². The number of benzene rings is 1. The summed E-state index contributed by atoms with van der Waals surface area (Å²) in [6.07, 6.45) is 5.47. The van der Waals surface area contributed by atoms with E-state index >= 15 is 0 Å². The first kappa shape index (κ1) is 13.2. The molecule has 3 unspecified atom stereocenters. The fraction of sp³-hybridized carbons (Fsp3) is 0.529. The van der Waals surface area contributed by atoms with Crippen molar-refractivity contribution in [3.05, 3.63) is 35.4 Å². The molecule has 1 spiro atoms. The number of methoxy groups -OCH3 is 1. The predicted molar refractivity (Wildman–Crippen MR) is 78.9 cm³/mol. The van der Waals surface area contributed by atoms with Crippen LogP contribution in [0.1, 0.15) is 24.0 Å². The monoisotopic (exact) mass is 288 g/mol. The van der Waals surface area contributed by atoms with E-state index in [0.29, 0.717) is 6.42 Å². The molecule has 2 aliphatic heterocycles. The van der Waals surface area contributed by atoms with Crippen molar-refractivity contribution in [2.45, 2.75) is 37.0 Å². The van der Waals surface area contributed by atoms with Gasteiger partial charge in [-0.3, -0.25) is 0 Å². The van der Waals surface area contributed by atoms with Crippen LogP contribution in [0.2, 0.25) is 0 Å². The Balaban J connectivity index is 1.95. The van der Waals surface area contributed by atoms with Gasteiger partial charge >= 0.3 is 0 Å². The number of aliphatic hydroxyl groups is 1. The molecular weight excluding hydrogens is 266 g/mol. The molecule has 0 amide bonds. The summed E-state index contributed by atoms with van der Waals surface area (Å²) >= 11 is 0. The molecule has 112 valence electrons. The first-order valence-electron chi connectivity index (χ1n) is 7.70. The lowest BCUT2D eigenvalue weighted by molar-refractivity contribution is -0.893. The third-order valence-electron chi connectivity index (χ3n) is 5.26. The maximum absolute atomic E-state index is 9.98. The first-order chi connectivity index (χ1) is 10.1. The van der Waals surface area contributed by atoms with Crippen LogP contribution in [0.25, 0.3) is 0 Å². The minimum atomic E-state index is -0.405. The third kappa shape index (κ3) is 1.75. The summed E-state index contributed by atoms with van der Waals surface area (Å²) in [7, 11) is 3.93. The second-order valence-corrected chi connectivity index (χ2v) is 6.57. The Hall–Kier alpha value is -1.52. The highest BCUT2D eigenvalue weighted by molar-refractivity contribution is 5.60. The predicted octanol–water partition coefficient (Wildman–Crippen LogP) is 0.433. The van der Waals surface area contributed by atoms with E-state index in [9.17, 15) is 5.11 Å². The molecular formula is C17H22NO3+. The van der Waals surface area contributed by atoms with Gasteiger partial charge in [0, 0.05) is 24.0 Å². The van der Waals surface area contributed by atoms with Crippen LogP contribution < -0.4 is 14.4 Å². The zero-order chi connectivity index (χ0) is 14.6. The Bertz CT molecular complexity index is 612. The molecule has 1 aliphatic carbocycles. The molecule has 0 aromatic heterocycles. The molecule has 2 heterocycles. The largest absolute Gasteiger partial charge is 0.493 e. The molecule has 0 fully saturated rings. The molecule has 4 atom stereocenters. The highest BCUT2D eigenvalue weighted by Gasteiger charge is 2.53. The van der Waals surface area contributed by atoms with E-state index in [0.717, 1.165) is 31.0 Å². The topological polar surface area (TPSA) is 43.1 Å². The van der Waals surface area contributed by atoms with Gasteiger partial charge in [0.05, 0.1) is 32.2 Å². The molecule has 4 heteroatoms. The molecule has 0 bridgehead atoms. The molecule has 3 aliphatic rings. The van der Waals surface area contributed by atoms with Gasteiger partial charge in [-0.25, -0.2) is 0 Å². The van der Waals surface area contributed by atoms with E-state index in [1.54, 1.807) is 7.11 Å². The number of quaternary nitrogens is 1. The van der Waals surface area contributed by atoms with Crippen molar-refractivity contribution in [2.24, 2.45) is 0 Å². The molecule has 1 aromatic carbocycles. The quantitative estimate of drug-likeness (QED) is 0.737. The van der Waals surface area contributed by atoms with Gasteiger partial charge < -0.3 is 19.5 Å². The molecule has 0 saturated carbocycles. The second kappa shape index (κ2) is 4.49. The summed E-state index contributed by atoms with van der Waals surface area (Å²) in [5, 5.41) is 9.98. The number of nitrogens with one attached hydrogen (secondary N) is 1. The zero-order valence-corrected chi connectivity index (χ0v) is 12.6. The summed E-state index contributed by atoms with van der Waals surface area (Å²) in [5.41, 5.74) is 2.56. The Kier molecular flexibility index (Phi) is 2.81. The number of aliphatic hydroxyl groups excluding tert-OH is 1. The fourth-order valence-electron chi connectivity index (χ4n) is 4.18. The van der Waals surface area contributed by atoms with Crippen molar-refractivity contribution in [3.8, 4) is 11.5 Å². The molecule has 1 aromatic rings. The maximum Gasteiger partial charge on any atom is 0.166 e. The van der Waals surface area contributed by atoms with Crippen molar-refractivity contribution in [1.29, 1.82) is 0 Å². The van der Waals surface area contributed by atoms with Crippen molar-refractivity contribution >= 4 is 0 Å². The average molecular weight is 288 g/mol. The lowest BCUT2D eigenvalue weighted by Gasteiger charge is -2.35. The van der Waals surface area contributed by atoms with Crippen molar-refractivity contribution in [1.82, 2.24) is 0 Å². The number of hydrogen-bond acceptors (Lipinski definition) is 3. The SMILES string of the molecule is COc1ccc2c3c1OC1CC(O)C=C[C@@]31CC[NH+](C)C2. The highest BCUT2D eigenvalue weighted by atomic mass is 16.5. The van der Waals surface area contributed by atoms with Gasteiger partial charge in [-0.1, -0.05) is 12.2 Å². The van der Waals surface area contributed by atoms with Gasteiger partial charge in [0.15, 0.2) is 11.5 Å². The number of rotatable bonds is 1. The van der Waals surface area contributed by atoms with Crippen LogP contribution in [0, 0.1) is 0 Å². The third-order valence-corrected chi connectivity index (χ3v) is 5.26. The Labute approximate surface area is 125 Å². The van der Waals surface area contributed by atoms with Crippen LogP contribution in [0.5, 0.6) is 11.5 Å². The van der Waals surface area contributed by atoms with E-state index in [1.165, 1.54) is 16.0 Å². The van der Waals surface area contributed by atoms with Gasteiger partial charge in [0.25, 0.3) is 0 Å². The summed E-state index contributed by atoms with van der Waals surface area (Å²) in [4.78, 5) is 1.52. The van der Waals surface area contributed by atoms with E-state index in [1.807, 2.05) is 12.1 Å². The standard InChI is InChI=1S/C17H21NO3/c1-18-8-7-17-6-5-12(19)9-14(17)21-16-13(20-2)4-3-11(10-18)15(16)17/h3-6,12,14,19H,7-10H2,1-2H3/p+1/t12?,14?,17-/m0/s1. The summed E-state index contributed by atoms with van der Waals surface area (Å²) < 4.78 is 11.8. The van der Waals surface area contributed by atoms with E-state index in [-0.39, 0.29) is 11.5 Å². The van der Waals surface area contributed by atoms with E-state index in [4.69, 9.17) is 9.47 Å². The van der Waals surface area contributed by atoms with Crippen LogP contribution in [0.15, 0.2) is 24.3 Å². The van der Waals surface area contributed by atoms with Crippen LogP contribution >= 0.6 is 0 Å². The Morgan fingerprint density at radius 2 is 2.29 bits per heavy atom. The lowest BCUT2D eigenvalue weighted by Crippen LogP contribution is -3.07. The molecule has 4 rings (SSSR count). The minimum Gasteiger partial charge on any atom is -0.493 e. The smallest absolute Gasteiger partial charge is 0.166 e. The van der Waals surface area contributed by atoms with Gasteiger partial charge in [0.2, 0.25) is 0 Å². The average Bonchev–Trinajstić information content (AvgIpc) is 2.72. The summed E-state index contributed by atoms with van der Waals surface area (Å²) in [6, 6.07) is 4.19. The van der Waals surface area contributed by atoms with Crippen molar-refractivity contribution in [2.75, 3.05) is 20.7 Å². The van der Waals surface area contributed by atoms with Crippen LogP contribution in [-0.4, -0.2) is 38.0 Å². The van der Waals surface area contributed by atoms with E-state index < -0.39 is 6.10 Å². The molecule has 0 radical (unpaired) electrons. The minimum absolute atomic E-state index is 0.0217. The Morgan fingerprint density at radius 3 is 3.10 bits per heavy atom. The second-order valence-electron chi connectivity index (χ2n) is 6.57. The molecule has 4 nitrogen and oxygen atoms in total. The molecule has 0 saturated heterocycles. The lowest BCUT2D eigenvalue weighted by atomic mass is 9.69. The number of hydrogen-bond donors (Lipinski definition) is 2. The first-order valence-corrected chi connectivity index (χ1v) is 7.70. The van der Waals surface area contributed by atoms with Crippen LogP contribution in [-0.2, 0) is 12.0 Å². The Morgan fingerprint density at radius 1 is 1.43 bits per heavy atom. The highest BCUT2D eigenvalue weighted by Crippen LogP contribution is 2.54. The van der Waals surface area contributed by atoms with Gasteiger partial charge in [-0.05, 0) is 12.1 Å².